The standard InChI is InChI=1S/C10H14N2O3/c13-8-6-11-12(9(8)10(14)15)7-4-2-1-3-5-7/h6-7,13H,1-5H2,(H,14,15). The second-order valence-corrected chi connectivity index (χ2v) is 3.92. The van der Waals surface area contributed by atoms with Crippen molar-refractivity contribution in [3.63, 3.8) is 0 Å². The van der Waals surface area contributed by atoms with Crippen molar-refractivity contribution < 1.29 is 15.0 Å². The van der Waals surface area contributed by atoms with Gasteiger partial charge in [-0.25, -0.2) is 4.79 Å². The molecule has 1 heterocycles. The van der Waals surface area contributed by atoms with E-state index in [1.165, 1.54) is 17.3 Å². The molecular weight excluding hydrogens is 196 g/mol. The molecular formula is C10H14N2O3. The molecule has 82 valence electrons. The third-order valence-corrected chi connectivity index (χ3v) is 2.90. The van der Waals surface area contributed by atoms with Gasteiger partial charge in [0.25, 0.3) is 0 Å². The lowest BCUT2D eigenvalue weighted by atomic mass is 9.95. The van der Waals surface area contributed by atoms with Gasteiger partial charge in [-0.3, -0.25) is 4.68 Å². The molecule has 2 rings (SSSR count). The molecule has 1 aromatic rings. The monoisotopic (exact) mass is 210 g/mol. The fraction of sp³-hybridized carbons (Fsp3) is 0.600. The maximum atomic E-state index is 10.9. The SMILES string of the molecule is O=C(O)c1c(O)cnn1C1CCCCC1. The van der Waals surface area contributed by atoms with E-state index < -0.39 is 5.97 Å². The first-order chi connectivity index (χ1) is 7.20. The largest absolute Gasteiger partial charge is 0.504 e. The summed E-state index contributed by atoms with van der Waals surface area (Å²) in [6.07, 6.45) is 6.50. The first-order valence-corrected chi connectivity index (χ1v) is 5.20. The highest BCUT2D eigenvalue weighted by molar-refractivity contribution is 5.88. The van der Waals surface area contributed by atoms with Gasteiger partial charge in [-0.05, 0) is 12.8 Å². The summed E-state index contributed by atoms with van der Waals surface area (Å²) in [5.41, 5.74) is -0.0816. The molecule has 0 aromatic carbocycles. The maximum absolute atomic E-state index is 10.9. The Morgan fingerprint density at radius 1 is 1.40 bits per heavy atom. The van der Waals surface area contributed by atoms with Gasteiger partial charge in [-0.15, -0.1) is 0 Å². The van der Waals surface area contributed by atoms with Crippen LogP contribution in [-0.4, -0.2) is 26.0 Å². The molecule has 15 heavy (non-hydrogen) atoms. The second kappa shape index (κ2) is 3.92. The number of nitrogens with zero attached hydrogens (tertiary/aromatic N) is 2. The summed E-state index contributed by atoms with van der Waals surface area (Å²) in [5.74, 6) is -1.36. The van der Waals surface area contributed by atoms with Crippen molar-refractivity contribution in [3.05, 3.63) is 11.9 Å². The van der Waals surface area contributed by atoms with Crippen molar-refractivity contribution in [2.24, 2.45) is 0 Å². The van der Waals surface area contributed by atoms with Crippen LogP contribution < -0.4 is 0 Å². The van der Waals surface area contributed by atoms with E-state index in [1.54, 1.807) is 0 Å². The molecule has 0 radical (unpaired) electrons. The summed E-state index contributed by atoms with van der Waals surface area (Å²) < 4.78 is 1.46. The fourth-order valence-electron chi connectivity index (χ4n) is 2.16. The molecule has 0 saturated heterocycles. The van der Waals surface area contributed by atoms with Gasteiger partial charge in [0.15, 0.2) is 11.4 Å². The molecule has 0 spiro atoms. The van der Waals surface area contributed by atoms with E-state index in [9.17, 15) is 9.90 Å². The number of carboxylic acids is 1. The van der Waals surface area contributed by atoms with Gasteiger partial charge in [-0.1, -0.05) is 19.3 Å². The molecule has 1 aromatic heterocycles. The average molecular weight is 210 g/mol. The Bertz CT molecular complexity index is 367. The van der Waals surface area contributed by atoms with Crippen LogP contribution in [0.15, 0.2) is 6.20 Å². The summed E-state index contributed by atoms with van der Waals surface area (Å²) in [6.45, 7) is 0. The zero-order valence-electron chi connectivity index (χ0n) is 8.39. The minimum atomic E-state index is -1.12. The number of carboxylic acid groups (broad SMARTS) is 1. The number of aromatic carboxylic acids is 1. The highest BCUT2D eigenvalue weighted by Gasteiger charge is 2.24. The van der Waals surface area contributed by atoms with Crippen molar-refractivity contribution >= 4 is 5.97 Å². The van der Waals surface area contributed by atoms with Gasteiger partial charge < -0.3 is 10.2 Å². The number of aromatic nitrogens is 2. The Labute approximate surface area is 87.3 Å². The van der Waals surface area contributed by atoms with Gasteiger partial charge in [-0.2, -0.15) is 5.10 Å². The van der Waals surface area contributed by atoms with Gasteiger partial charge in [0.2, 0.25) is 0 Å². The Morgan fingerprint density at radius 2 is 2.07 bits per heavy atom. The lowest BCUT2D eigenvalue weighted by Crippen LogP contribution is -2.18. The van der Waals surface area contributed by atoms with Crippen molar-refractivity contribution in [2.45, 2.75) is 38.1 Å². The third kappa shape index (κ3) is 1.82. The van der Waals surface area contributed by atoms with Gasteiger partial charge in [0.05, 0.1) is 12.2 Å². The van der Waals surface area contributed by atoms with Crippen molar-refractivity contribution in [1.29, 1.82) is 0 Å². The van der Waals surface area contributed by atoms with E-state index in [4.69, 9.17) is 5.11 Å². The molecule has 5 nitrogen and oxygen atoms in total. The molecule has 1 aliphatic rings. The van der Waals surface area contributed by atoms with Crippen molar-refractivity contribution in [2.75, 3.05) is 0 Å². The van der Waals surface area contributed by atoms with E-state index in [-0.39, 0.29) is 17.5 Å². The summed E-state index contributed by atoms with van der Waals surface area (Å²) in [4.78, 5) is 10.9. The van der Waals surface area contributed by atoms with Crippen molar-refractivity contribution in [3.8, 4) is 5.75 Å². The highest BCUT2D eigenvalue weighted by Crippen LogP contribution is 2.30. The Hall–Kier alpha value is -1.52. The summed E-state index contributed by atoms with van der Waals surface area (Å²) in [7, 11) is 0. The normalized spacial score (nSPS) is 17.9. The lowest BCUT2D eigenvalue weighted by Gasteiger charge is -2.22. The van der Waals surface area contributed by atoms with Crippen LogP contribution in [0.2, 0.25) is 0 Å². The summed E-state index contributed by atoms with van der Waals surface area (Å²) >= 11 is 0. The minimum absolute atomic E-state index is 0.0816. The molecule has 5 heteroatoms. The van der Waals surface area contributed by atoms with Crippen LogP contribution in [0.25, 0.3) is 0 Å². The first-order valence-electron chi connectivity index (χ1n) is 5.20. The molecule has 1 saturated carbocycles. The molecule has 0 bridgehead atoms. The number of hydrogen-bond acceptors (Lipinski definition) is 3. The third-order valence-electron chi connectivity index (χ3n) is 2.90. The molecule has 0 aliphatic heterocycles. The van der Waals surface area contributed by atoms with E-state index in [1.807, 2.05) is 0 Å². The van der Waals surface area contributed by atoms with Crippen molar-refractivity contribution in [1.82, 2.24) is 9.78 Å². The van der Waals surface area contributed by atoms with Crippen LogP contribution >= 0.6 is 0 Å². The number of aromatic hydroxyl groups is 1. The molecule has 0 atom stereocenters. The average Bonchev–Trinajstić information content (AvgIpc) is 2.61. The first kappa shape index (κ1) is 10.0. The van der Waals surface area contributed by atoms with E-state index in [2.05, 4.69) is 5.10 Å². The Morgan fingerprint density at radius 3 is 2.67 bits per heavy atom. The second-order valence-electron chi connectivity index (χ2n) is 3.92. The van der Waals surface area contributed by atoms with Crippen LogP contribution in [0.1, 0.15) is 48.6 Å². The van der Waals surface area contributed by atoms with E-state index in [0.29, 0.717) is 0 Å². The molecule has 1 fully saturated rings. The number of rotatable bonds is 2. The van der Waals surface area contributed by atoms with Crippen LogP contribution in [-0.2, 0) is 0 Å². The summed E-state index contributed by atoms with van der Waals surface area (Å²) in [6, 6.07) is 0.130. The Balaban J connectivity index is 2.30. The van der Waals surface area contributed by atoms with E-state index >= 15 is 0 Å². The van der Waals surface area contributed by atoms with Crippen LogP contribution in [0, 0.1) is 0 Å². The smallest absolute Gasteiger partial charge is 0.358 e. The van der Waals surface area contributed by atoms with Crippen LogP contribution in [0.4, 0.5) is 0 Å². The maximum Gasteiger partial charge on any atom is 0.358 e. The molecule has 2 N–H and O–H groups in total. The van der Waals surface area contributed by atoms with E-state index in [0.717, 1.165) is 25.7 Å². The predicted molar refractivity (Wildman–Crippen MR) is 53.0 cm³/mol. The topological polar surface area (TPSA) is 75.3 Å². The quantitative estimate of drug-likeness (QED) is 0.780. The molecule has 1 aliphatic carbocycles. The fourth-order valence-corrected chi connectivity index (χ4v) is 2.16. The predicted octanol–water partition coefficient (Wildman–Crippen LogP) is 1.79. The Kier molecular flexibility index (Phi) is 2.62. The molecule has 0 amide bonds. The number of hydrogen-bond donors (Lipinski definition) is 2. The van der Waals surface area contributed by atoms with Gasteiger partial charge in [0, 0.05) is 0 Å². The zero-order chi connectivity index (χ0) is 10.8. The number of carbonyl (C=O) groups is 1. The highest BCUT2D eigenvalue weighted by atomic mass is 16.4. The lowest BCUT2D eigenvalue weighted by molar-refractivity contribution is 0.0674. The molecule has 0 unspecified atom stereocenters. The van der Waals surface area contributed by atoms with Crippen LogP contribution in [0.5, 0.6) is 5.75 Å². The minimum Gasteiger partial charge on any atom is -0.504 e. The van der Waals surface area contributed by atoms with Gasteiger partial charge in [0.1, 0.15) is 0 Å². The van der Waals surface area contributed by atoms with Crippen LogP contribution in [0.3, 0.4) is 0 Å². The van der Waals surface area contributed by atoms with Gasteiger partial charge >= 0.3 is 5.97 Å². The summed E-state index contributed by atoms with van der Waals surface area (Å²) in [5, 5.41) is 22.3. The zero-order valence-corrected chi connectivity index (χ0v) is 8.39.